The number of hydrogen-bond donors (Lipinski definition) is 1. The summed E-state index contributed by atoms with van der Waals surface area (Å²) in [6.07, 6.45) is 0.752. The van der Waals surface area contributed by atoms with Crippen LogP contribution in [-0.4, -0.2) is 10.1 Å². The standard InChI is InChI=1S/C14H16ClNOS/c1-9-13(14(2,3)17)18-12(16-9)8-10-5-4-6-11(15)7-10/h4-7,17H,8H2,1-3H3. The van der Waals surface area contributed by atoms with E-state index < -0.39 is 5.60 Å². The Bertz CT molecular complexity index is 557. The van der Waals surface area contributed by atoms with Crippen LogP contribution in [0.15, 0.2) is 24.3 Å². The van der Waals surface area contributed by atoms with E-state index in [4.69, 9.17) is 11.6 Å². The van der Waals surface area contributed by atoms with Crippen LogP contribution in [-0.2, 0) is 12.0 Å². The lowest BCUT2D eigenvalue weighted by Gasteiger charge is -2.14. The van der Waals surface area contributed by atoms with Crippen molar-refractivity contribution < 1.29 is 5.11 Å². The average molecular weight is 282 g/mol. The molecule has 0 aliphatic rings. The zero-order chi connectivity index (χ0) is 13.3. The molecule has 1 N–H and O–H groups in total. The molecule has 4 heteroatoms. The van der Waals surface area contributed by atoms with Gasteiger partial charge in [-0.2, -0.15) is 0 Å². The van der Waals surface area contributed by atoms with Crippen LogP contribution in [0.2, 0.25) is 5.02 Å². The molecule has 0 spiro atoms. The third-order valence-corrected chi connectivity index (χ3v) is 4.35. The van der Waals surface area contributed by atoms with Gasteiger partial charge in [0, 0.05) is 11.4 Å². The predicted molar refractivity (Wildman–Crippen MR) is 76.4 cm³/mol. The second-order valence-corrected chi connectivity index (χ2v) is 6.41. The minimum absolute atomic E-state index is 0.739. The molecule has 2 nitrogen and oxygen atoms in total. The average Bonchev–Trinajstić information content (AvgIpc) is 2.59. The summed E-state index contributed by atoms with van der Waals surface area (Å²) >= 11 is 7.53. The molecule has 0 saturated heterocycles. The monoisotopic (exact) mass is 281 g/mol. The minimum atomic E-state index is -0.825. The summed E-state index contributed by atoms with van der Waals surface area (Å²) in [6.45, 7) is 5.51. The number of benzene rings is 1. The largest absolute Gasteiger partial charge is 0.385 e. The summed E-state index contributed by atoms with van der Waals surface area (Å²) < 4.78 is 0. The number of rotatable bonds is 3. The molecule has 0 amide bonds. The van der Waals surface area contributed by atoms with Crippen molar-refractivity contribution in [2.45, 2.75) is 32.8 Å². The van der Waals surface area contributed by atoms with Gasteiger partial charge in [-0.25, -0.2) is 4.98 Å². The number of aliphatic hydroxyl groups is 1. The Morgan fingerprint density at radius 3 is 2.67 bits per heavy atom. The van der Waals surface area contributed by atoms with E-state index in [1.54, 1.807) is 25.2 Å². The van der Waals surface area contributed by atoms with Gasteiger partial charge in [-0.15, -0.1) is 11.3 Å². The van der Waals surface area contributed by atoms with Gasteiger partial charge in [-0.1, -0.05) is 23.7 Å². The van der Waals surface area contributed by atoms with Crippen molar-refractivity contribution in [2.75, 3.05) is 0 Å². The normalized spacial score (nSPS) is 11.8. The van der Waals surface area contributed by atoms with E-state index >= 15 is 0 Å². The number of aryl methyl sites for hydroxylation is 1. The van der Waals surface area contributed by atoms with Crippen molar-refractivity contribution in [3.63, 3.8) is 0 Å². The Hall–Kier alpha value is -0.900. The molecule has 0 saturated carbocycles. The van der Waals surface area contributed by atoms with Gasteiger partial charge in [0.2, 0.25) is 0 Å². The Morgan fingerprint density at radius 1 is 1.39 bits per heavy atom. The topological polar surface area (TPSA) is 33.1 Å². The second kappa shape index (κ2) is 5.00. The minimum Gasteiger partial charge on any atom is -0.385 e. The maximum Gasteiger partial charge on any atom is 0.0975 e. The Balaban J connectivity index is 2.26. The highest BCUT2D eigenvalue weighted by Gasteiger charge is 2.22. The fraction of sp³-hybridized carbons (Fsp3) is 0.357. The number of hydrogen-bond acceptors (Lipinski definition) is 3. The van der Waals surface area contributed by atoms with Crippen LogP contribution in [0.3, 0.4) is 0 Å². The van der Waals surface area contributed by atoms with Crippen molar-refractivity contribution >= 4 is 22.9 Å². The maximum atomic E-state index is 10.0. The van der Waals surface area contributed by atoms with Crippen LogP contribution in [0.4, 0.5) is 0 Å². The van der Waals surface area contributed by atoms with E-state index in [1.807, 2.05) is 31.2 Å². The van der Waals surface area contributed by atoms with E-state index in [-0.39, 0.29) is 0 Å². The fourth-order valence-electron chi connectivity index (χ4n) is 1.92. The summed E-state index contributed by atoms with van der Waals surface area (Å²) in [6, 6.07) is 7.78. The lowest BCUT2D eigenvalue weighted by atomic mass is 10.1. The van der Waals surface area contributed by atoms with Gasteiger partial charge in [0.05, 0.1) is 21.2 Å². The van der Waals surface area contributed by atoms with Crippen molar-refractivity contribution in [3.8, 4) is 0 Å². The van der Waals surface area contributed by atoms with Crippen molar-refractivity contribution in [1.82, 2.24) is 4.98 Å². The lowest BCUT2D eigenvalue weighted by molar-refractivity contribution is 0.0817. The Kier molecular flexibility index (Phi) is 3.76. The quantitative estimate of drug-likeness (QED) is 0.925. The number of thiazole rings is 1. The molecule has 2 rings (SSSR count). The first-order valence-corrected chi connectivity index (χ1v) is 6.99. The third kappa shape index (κ3) is 3.10. The zero-order valence-electron chi connectivity index (χ0n) is 10.7. The Morgan fingerprint density at radius 2 is 2.11 bits per heavy atom. The summed E-state index contributed by atoms with van der Waals surface area (Å²) in [4.78, 5) is 5.45. The van der Waals surface area contributed by atoms with Gasteiger partial charge in [0.25, 0.3) is 0 Å². The highest BCUT2D eigenvalue weighted by molar-refractivity contribution is 7.11. The van der Waals surface area contributed by atoms with Crippen LogP contribution < -0.4 is 0 Å². The van der Waals surface area contributed by atoms with Gasteiger partial charge >= 0.3 is 0 Å². The van der Waals surface area contributed by atoms with Gasteiger partial charge in [0.1, 0.15) is 0 Å². The molecule has 0 atom stereocenters. The molecule has 1 aromatic carbocycles. The Labute approximate surface area is 116 Å². The molecule has 0 radical (unpaired) electrons. The second-order valence-electron chi connectivity index (χ2n) is 4.89. The number of halogens is 1. The zero-order valence-corrected chi connectivity index (χ0v) is 12.3. The van der Waals surface area contributed by atoms with Crippen LogP contribution in [0.1, 0.15) is 35.0 Å². The van der Waals surface area contributed by atoms with Crippen molar-refractivity contribution in [3.05, 3.63) is 50.4 Å². The summed E-state index contributed by atoms with van der Waals surface area (Å²) in [5.74, 6) is 0. The SMILES string of the molecule is Cc1nc(Cc2cccc(Cl)c2)sc1C(C)(C)O. The molecular weight excluding hydrogens is 266 g/mol. The van der Waals surface area contributed by atoms with E-state index in [0.29, 0.717) is 0 Å². The highest BCUT2D eigenvalue weighted by Crippen LogP contribution is 2.30. The molecule has 1 heterocycles. The fourth-order valence-corrected chi connectivity index (χ4v) is 3.23. The lowest BCUT2D eigenvalue weighted by Crippen LogP contribution is -2.14. The van der Waals surface area contributed by atoms with Crippen LogP contribution in [0.5, 0.6) is 0 Å². The van der Waals surface area contributed by atoms with Gasteiger partial charge < -0.3 is 5.11 Å². The summed E-state index contributed by atoms with van der Waals surface area (Å²) in [7, 11) is 0. The van der Waals surface area contributed by atoms with E-state index in [9.17, 15) is 5.11 Å². The molecule has 18 heavy (non-hydrogen) atoms. The molecule has 0 unspecified atom stereocenters. The first-order valence-electron chi connectivity index (χ1n) is 5.80. The first-order chi connectivity index (χ1) is 8.36. The summed E-state index contributed by atoms with van der Waals surface area (Å²) in [5.41, 5.74) is 1.22. The first kappa shape index (κ1) is 13.5. The third-order valence-electron chi connectivity index (χ3n) is 2.64. The van der Waals surface area contributed by atoms with Crippen LogP contribution in [0.25, 0.3) is 0 Å². The molecular formula is C14H16ClNOS. The molecule has 0 fully saturated rings. The van der Waals surface area contributed by atoms with E-state index in [1.165, 1.54) is 0 Å². The molecule has 2 aromatic rings. The van der Waals surface area contributed by atoms with Crippen molar-refractivity contribution in [2.24, 2.45) is 0 Å². The van der Waals surface area contributed by atoms with E-state index in [2.05, 4.69) is 4.98 Å². The molecule has 0 aliphatic heterocycles. The van der Waals surface area contributed by atoms with Gasteiger partial charge in [-0.3, -0.25) is 0 Å². The van der Waals surface area contributed by atoms with E-state index in [0.717, 1.165) is 32.6 Å². The number of nitrogens with zero attached hydrogens (tertiary/aromatic N) is 1. The predicted octanol–water partition coefficient (Wildman–Crippen LogP) is 3.92. The molecule has 96 valence electrons. The van der Waals surface area contributed by atoms with Crippen LogP contribution in [0, 0.1) is 6.92 Å². The highest BCUT2D eigenvalue weighted by atomic mass is 35.5. The van der Waals surface area contributed by atoms with Gasteiger partial charge in [0.15, 0.2) is 0 Å². The smallest absolute Gasteiger partial charge is 0.0975 e. The van der Waals surface area contributed by atoms with Gasteiger partial charge in [-0.05, 0) is 38.5 Å². The molecule has 1 aromatic heterocycles. The molecule has 0 aliphatic carbocycles. The summed E-state index contributed by atoms with van der Waals surface area (Å²) in [5, 5.41) is 11.8. The number of aromatic nitrogens is 1. The van der Waals surface area contributed by atoms with Crippen molar-refractivity contribution in [1.29, 1.82) is 0 Å². The maximum absolute atomic E-state index is 10.0. The molecule has 0 bridgehead atoms. The van der Waals surface area contributed by atoms with Crippen LogP contribution >= 0.6 is 22.9 Å².